The number of aromatic amines is 2. The number of rotatable bonds is 5. The lowest BCUT2D eigenvalue weighted by Crippen LogP contribution is -2.14. The van der Waals surface area contributed by atoms with Crippen LogP contribution in [-0.2, 0) is 11.2 Å². The van der Waals surface area contributed by atoms with Crippen molar-refractivity contribution in [2.75, 3.05) is 5.32 Å². The summed E-state index contributed by atoms with van der Waals surface area (Å²) in [4.78, 5) is 25.1. The maximum atomic E-state index is 12.5. The van der Waals surface area contributed by atoms with E-state index in [1.54, 1.807) is 12.4 Å². The number of pyridine rings is 2. The summed E-state index contributed by atoms with van der Waals surface area (Å²) in [7, 11) is 0. The van der Waals surface area contributed by atoms with E-state index in [0.717, 1.165) is 50.1 Å². The minimum atomic E-state index is -0.0931. The molecule has 4 heterocycles. The van der Waals surface area contributed by atoms with Crippen molar-refractivity contribution in [3.05, 3.63) is 96.8 Å². The third-order valence-electron chi connectivity index (χ3n) is 5.72. The molecular weight excluding hydrogens is 424 g/mol. The first-order valence-corrected chi connectivity index (χ1v) is 11.0. The van der Waals surface area contributed by atoms with Gasteiger partial charge in [0.15, 0.2) is 0 Å². The van der Waals surface area contributed by atoms with Crippen LogP contribution in [-0.4, -0.2) is 31.1 Å². The molecule has 0 fully saturated rings. The van der Waals surface area contributed by atoms with Crippen LogP contribution in [0.15, 0.2) is 91.3 Å². The van der Waals surface area contributed by atoms with Crippen LogP contribution in [0, 0.1) is 0 Å². The van der Waals surface area contributed by atoms with E-state index in [2.05, 4.69) is 37.6 Å². The second-order valence-electron chi connectivity index (χ2n) is 8.11. The van der Waals surface area contributed by atoms with Crippen molar-refractivity contribution in [3.8, 4) is 22.6 Å². The summed E-state index contributed by atoms with van der Waals surface area (Å²) in [5.41, 5.74) is 7.46. The molecule has 0 atom stereocenters. The van der Waals surface area contributed by atoms with Crippen molar-refractivity contribution in [1.82, 2.24) is 25.1 Å². The Morgan fingerprint density at radius 3 is 2.62 bits per heavy atom. The smallest absolute Gasteiger partial charge is 0.228 e. The first-order chi connectivity index (χ1) is 16.7. The summed E-state index contributed by atoms with van der Waals surface area (Å²) in [6.45, 7) is 0. The van der Waals surface area contributed by atoms with Crippen LogP contribution in [0.3, 0.4) is 0 Å². The molecule has 0 aliphatic heterocycles. The van der Waals surface area contributed by atoms with Crippen LogP contribution >= 0.6 is 0 Å². The fraction of sp³-hybridized carbons (Fsp3) is 0.0370. The maximum Gasteiger partial charge on any atom is 0.228 e. The number of hydrogen-bond acceptors (Lipinski definition) is 4. The minimum absolute atomic E-state index is 0.0931. The molecule has 4 aromatic heterocycles. The standard InChI is InChI=1S/C27H20N6O/c34-25(12-17-6-2-1-3-7-17)29-20-13-19(15-28-16-20)22-10-11-23-26(31-22)27(33-32-23)24-14-18-8-4-5-9-21(18)30-24/h1-11,13-16,30H,12H2,(H,29,34)(H,32,33). The van der Waals surface area contributed by atoms with Crippen molar-refractivity contribution < 1.29 is 4.79 Å². The molecule has 6 rings (SSSR count). The Kier molecular flexibility index (Phi) is 4.85. The first-order valence-electron chi connectivity index (χ1n) is 11.0. The van der Waals surface area contributed by atoms with E-state index in [-0.39, 0.29) is 5.91 Å². The topological polar surface area (TPSA) is 99.4 Å². The Morgan fingerprint density at radius 1 is 0.882 bits per heavy atom. The van der Waals surface area contributed by atoms with Gasteiger partial charge >= 0.3 is 0 Å². The SMILES string of the molecule is O=C(Cc1ccccc1)Nc1cncc(-c2ccc3[nH]nc(-c4cc5ccccc5[nH]4)c3n2)c1. The van der Waals surface area contributed by atoms with Gasteiger partial charge in [0.25, 0.3) is 0 Å². The lowest BCUT2D eigenvalue weighted by atomic mass is 10.1. The van der Waals surface area contributed by atoms with Gasteiger partial charge in [0, 0.05) is 22.7 Å². The monoisotopic (exact) mass is 444 g/mol. The Morgan fingerprint density at radius 2 is 1.74 bits per heavy atom. The number of fused-ring (bicyclic) bond motifs is 2. The third-order valence-corrected chi connectivity index (χ3v) is 5.72. The molecule has 7 nitrogen and oxygen atoms in total. The molecule has 3 N–H and O–H groups in total. The highest BCUT2D eigenvalue weighted by Gasteiger charge is 2.14. The molecule has 2 aromatic carbocycles. The molecule has 6 aromatic rings. The molecule has 0 saturated carbocycles. The number of hydrogen-bond donors (Lipinski definition) is 3. The quantitative estimate of drug-likeness (QED) is 0.334. The molecule has 0 unspecified atom stereocenters. The average Bonchev–Trinajstić information content (AvgIpc) is 3.48. The Bertz CT molecular complexity index is 1600. The van der Waals surface area contributed by atoms with Gasteiger partial charge in [-0.2, -0.15) is 5.10 Å². The van der Waals surface area contributed by atoms with Crippen LogP contribution in [0.1, 0.15) is 5.56 Å². The fourth-order valence-electron chi connectivity index (χ4n) is 4.08. The number of aromatic nitrogens is 5. The highest BCUT2D eigenvalue weighted by Crippen LogP contribution is 2.29. The summed E-state index contributed by atoms with van der Waals surface area (Å²) >= 11 is 0. The summed E-state index contributed by atoms with van der Waals surface area (Å²) in [5, 5.41) is 11.6. The molecule has 0 spiro atoms. The Balaban J connectivity index is 1.30. The predicted molar refractivity (Wildman–Crippen MR) is 133 cm³/mol. The number of para-hydroxylation sites is 1. The fourth-order valence-corrected chi connectivity index (χ4v) is 4.08. The van der Waals surface area contributed by atoms with Crippen molar-refractivity contribution >= 4 is 33.5 Å². The van der Waals surface area contributed by atoms with E-state index in [9.17, 15) is 4.79 Å². The highest BCUT2D eigenvalue weighted by molar-refractivity contribution is 5.95. The van der Waals surface area contributed by atoms with Crippen LogP contribution in [0.2, 0.25) is 0 Å². The van der Waals surface area contributed by atoms with E-state index in [1.165, 1.54) is 0 Å². The average molecular weight is 444 g/mol. The maximum absolute atomic E-state index is 12.5. The van der Waals surface area contributed by atoms with Crippen molar-refractivity contribution in [3.63, 3.8) is 0 Å². The van der Waals surface area contributed by atoms with Crippen molar-refractivity contribution in [2.24, 2.45) is 0 Å². The molecule has 0 aliphatic carbocycles. The van der Waals surface area contributed by atoms with Crippen LogP contribution in [0.25, 0.3) is 44.6 Å². The molecule has 34 heavy (non-hydrogen) atoms. The molecule has 0 saturated heterocycles. The van der Waals surface area contributed by atoms with Gasteiger partial charge in [0.1, 0.15) is 11.2 Å². The molecule has 164 valence electrons. The number of carbonyl (C=O) groups excluding carboxylic acids is 1. The largest absolute Gasteiger partial charge is 0.353 e. The Labute approximate surface area is 194 Å². The van der Waals surface area contributed by atoms with Gasteiger partial charge in [-0.3, -0.25) is 14.9 Å². The van der Waals surface area contributed by atoms with Crippen LogP contribution in [0.4, 0.5) is 5.69 Å². The van der Waals surface area contributed by atoms with E-state index >= 15 is 0 Å². The number of carbonyl (C=O) groups is 1. The van der Waals surface area contributed by atoms with Crippen molar-refractivity contribution in [1.29, 1.82) is 0 Å². The van der Waals surface area contributed by atoms with E-state index in [4.69, 9.17) is 4.98 Å². The minimum Gasteiger partial charge on any atom is -0.353 e. The zero-order valence-electron chi connectivity index (χ0n) is 18.1. The van der Waals surface area contributed by atoms with E-state index < -0.39 is 0 Å². The normalized spacial score (nSPS) is 11.2. The summed E-state index contributed by atoms with van der Waals surface area (Å²) in [6.07, 6.45) is 3.68. The van der Waals surface area contributed by atoms with Gasteiger partial charge in [-0.25, -0.2) is 4.98 Å². The molecule has 7 heteroatoms. The van der Waals surface area contributed by atoms with Crippen molar-refractivity contribution in [2.45, 2.75) is 6.42 Å². The number of anilines is 1. The van der Waals surface area contributed by atoms with Gasteiger partial charge in [0.2, 0.25) is 5.91 Å². The Hall–Kier alpha value is -4.78. The van der Waals surface area contributed by atoms with Gasteiger partial charge in [-0.15, -0.1) is 0 Å². The van der Waals surface area contributed by atoms with Crippen LogP contribution < -0.4 is 5.32 Å². The second-order valence-corrected chi connectivity index (χ2v) is 8.11. The zero-order chi connectivity index (χ0) is 22.9. The van der Waals surface area contributed by atoms with E-state index in [0.29, 0.717) is 12.1 Å². The second kappa shape index (κ2) is 8.29. The number of H-pyrrole nitrogens is 2. The summed E-state index contributed by atoms with van der Waals surface area (Å²) in [6, 6.07) is 25.6. The molecule has 0 radical (unpaired) electrons. The molecule has 1 amide bonds. The summed E-state index contributed by atoms with van der Waals surface area (Å²) in [5.74, 6) is -0.0931. The summed E-state index contributed by atoms with van der Waals surface area (Å²) < 4.78 is 0. The van der Waals surface area contributed by atoms with E-state index in [1.807, 2.05) is 66.7 Å². The third kappa shape index (κ3) is 3.80. The van der Waals surface area contributed by atoms with Gasteiger partial charge in [-0.1, -0.05) is 48.5 Å². The van der Waals surface area contributed by atoms with Gasteiger partial charge in [0.05, 0.1) is 35.2 Å². The first kappa shape index (κ1) is 19.9. The number of amides is 1. The highest BCUT2D eigenvalue weighted by atomic mass is 16.1. The van der Waals surface area contributed by atoms with Gasteiger partial charge in [-0.05, 0) is 35.9 Å². The number of nitrogens with one attached hydrogen (secondary N) is 3. The molecular formula is C27H20N6O. The number of nitrogens with zero attached hydrogens (tertiary/aromatic N) is 3. The lowest BCUT2D eigenvalue weighted by molar-refractivity contribution is -0.115. The predicted octanol–water partition coefficient (Wildman–Crippen LogP) is 5.35. The molecule has 0 aliphatic rings. The zero-order valence-corrected chi connectivity index (χ0v) is 18.1. The van der Waals surface area contributed by atoms with Crippen LogP contribution in [0.5, 0.6) is 0 Å². The lowest BCUT2D eigenvalue weighted by Gasteiger charge is -2.07. The number of benzene rings is 2. The molecule has 0 bridgehead atoms. The van der Waals surface area contributed by atoms with Gasteiger partial charge < -0.3 is 10.3 Å².